The highest BCUT2D eigenvalue weighted by atomic mass is 16.3. The quantitative estimate of drug-likeness (QED) is 0.498. The molecule has 156 valence electrons. The van der Waals surface area contributed by atoms with Gasteiger partial charge in [0.25, 0.3) is 0 Å². The summed E-state index contributed by atoms with van der Waals surface area (Å²) in [6, 6.07) is 6.05. The van der Waals surface area contributed by atoms with Gasteiger partial charge in [0.15, 0.2) is 11.6 Å². The molecular weight excluding hydrogens is 388 g/mol. The Labute approximate surface area is 173 Å². The molecule has 2 aliphatic carbocycles. The highest BCUT2D eigenvalue weighted by Gasteiger charge is 2.46. The van der Waals surface area contributed by atoms with E-state index in [-0.39, 0.29) is 28.7 Å². The summed E-state index contributed by atoms with van der Waals surface area (Å²) in [5.41, 5.74) is -2.30. The fourth-order valence-electron chi connectivity index (χ4n) is 3.70. The van der Waals surface area contributed by atoms with Crippen molar-refractivity contribution in [2.75, 3.05) is 0 Å². The monoisotopic (exact) mass is 410 g/mol. The van der Waals surface area contributed by atoms with E-state index < -0.39 is 57.8 Å². The minimum atomic E-state index is -1.52. The molecule has 7 heteroatoms. The van der Waals surface area contributed by atoms with Crippen LogP contribution >= 0.6 is 0 Å². The number of carbonyl (C=O) groups excluding carboxylic acids is 4. The molecule has 0 unspecified atom stereocenters. The third kappa shape index (κ3) is 3.07. The first-order valence-corrected chi connectivity index (χ1v) is 9.58. The number of ketones is 4. The summed E-state index contributed by atoms with van der Waals surface area (Å²) in [5, 5.41) is 32.0. The van der Waals surface area contributed by atoms with Crippen LogP contribution in [0.2, 0.25) is 0 Å². The molecule has 0 aromatic heterocycles. The summed E-state index contributed by atoms with van der Waals surface area (Å²) < 4.78 is 0. The van der Waals surface area contributed by atoms with Crippen LogP contribution in [0.25, 0.3) is 5.76 Å². The molecule has 0 amide bonds. The Morgan fingerprint density at radius 1 is 0.900 bits per heavy atom. The average molecular weight is 410 g/mol. The van der Waals surface area contributed by atoms with Crippen LogP contribution in [0.1, 0.15) is 56.0 Å². The number of hydrogen-bond acceptors (Lipinski definition) is 7. The molecule has 0 heterocycles. The summed E-state index contributed by atoms with van der Waals surface area (Å²) >= 11 is 0. The molecule has 30 heavy (non-hydrogen) atoms. The summed E-state index contributed by atoms with van der Waals surface area (Å²) in [5.74, 6) is -4.79. The zero-order valence-corrected chi connectivity index (χ0v) is 16.9. The Bertz CT molecular complexity index is 1100. The second-order valence-electron chi connectivity index (χ2n) is 7.89. The molecule has 3 rings (SSSR count). The van der Waals surface area contributed by atoms with Gasteiger partial charge in [-0.25, -0.2) is 0 Å². The fraction of sp³-hybridized carbons (Fsp3) is 0.304. The highest BCUT2D eigenvalue weighted by molar-refractivity contribution is 6.52. The Hall–Kier alpha value is -3.48. The fourth-order valence-corrected chi connectivity index (χ4v) is 3.70. The van der Waals surface area contributed by atoms with Crippen LogP contribution in [0, 0.1) is 5.41 Å². The third-order valence-corrected chi connectivity index (χ3v) is 5.50. The van der Waals surface area contributed by atoms with Crippen LogP contribution in [0.5, 0.6) is 0 Å². The Balaban J connectivity index is 2.18. The van der Waals surface area contributed by atoms with Gasteiger partial charge in [-0.05, 0) is 20.3 Å². The third-order valence-electron chi connectivity index (χ3n) is 5.50. The molecule has 1 aromatic carbocycles. The smallest absolute Gasteiger partial charge is 0.234 e. The highest BCUT2D eigenvalue weighted by Crippen LogP contribution is 2.42. The van der Waals surface area contributed by atoms with Crippen LogP contribution in [-0.2, 0) is 14.4 Å². The van der Waals surface area contributed by atoms with Gasteiger partial charge in [0, 0.05) is 29.5 Å². The molecule has 0 bridgehead atoms. The zero-order valence-electron chi connectivity index (χ0n) is 16.9. The Kier molecular flexibility index (Phi) is 5.24. The topological polar surface area (TPSA) is 129 Å². The molecule has 0 saturated carbocycles. The lowest BCUT2D eigenvalue weighted by Gasteiger charge is -2.31. The number of rotatable bonds is 5. The number of aliphatic hydroxyl groups excluding tert-OH is 3. The Morgan fingerprint density at radius 3 is 2.10 bits per heavy atom. The van der Waals surface area contributed by atoms with Crippen LogP contribution in [-0.4, -0.2) is 38.5 Å². The minimum absolute atomic E-state index is 0.0218. The van der Waals surface area contributed by atoms with Crippen LogP contribution < -0.4 is 0 Å². The first-order valence-electron chi connectivity index (χ1n) is 9.58. The summed E-state index contributed by atoms with van der Waals surface area (Å²) in [7, 11) is 0. The molecule has 3 N–H and O–H groups in total. The van der Waals surface area contributed by atoms with Crippen molar-refractivity contribution in [3.63, 3.8) is 0 Å². The minimum Gasteiger partial charge on any atom is -0.511 e. The van der Waals surface area contributed by atoms with Gasteiger partial charge < -0.3 is 15.3 Å². The van der Waals surface area contributed by atoms with E-state index >= 15 is 0 Å². The van der Waals surface area contributed by atoms with E-state index in [0.717, 1.165) is 0 Å². The SMILES string of the molecule is CCCC(=O)C1=C(O)C(CC2=C(O)c3ccccc3C(=O)C2=O)=C(O)C(C)(C)C1=O. The molecular formula is C23H22O7. The number of aliphatic hydroxyl groups is 3. The van der Waals surface area contributed by atoms with Crippen molar-refractivity contribution in [2.45, 2.75) is 40.0 Å². The second-order valence-corrected chi connectivity index (χ2v) is 7.89. The van der Waals surface area contributed by atoms with E-state index in [1.807, 2.05) is 0 Å². The van der Waals surface area contributed by atoms with Crippen molar-refractivity contribution in [3.8, 4) is 0 Å². The van der Waals surface area contributed by atoms with Gasteiger partial charge in [0.05, 0.1) is 11.0 Å². The first kappa shape index (κ1) is 21.2. The van der Waals surface area contributed by atoms with Gasteiger partial charge in [-0.15, -0.1) is 0 Å². The maximum Gasteiger partial charge on any atom is 0.234 e. The molecule has 1 aromatic rings. The molecule has 0 saturated heterocycles. The molecule has 0 radical (unpaired) electrons. The molecule has 0 aliphatic heterocycles. The molecule has 0 atom stereocenters. The largest absolute Gasteiger partial charge is 0.511 e. The summed E-state index contributed by atoms with van der Waals surface area (Å²) in [4.78, 5) is 50.3. The number of allylic oxidation sites excluding steroid dienone is 4. The van der Waals surface area contributed by atoms with E-state index in [1.54, 1.807) is 19.1 Å². The number of carbonyl (C=O) groups is 4. The maximum atomic E-state index is 12.8. The van der Waals surface area contributed by atoms with Crippen LogP contribution in [0.15, 0.2) is 52.5 Å². The van der Waals surface area contributed by atoms with Crippen LogP contribution in [0.3, 0.4) is 0 Å². The van der Waals surface area contributed by atoms with E-state index in [9.17, 15) is 34.5 Å². The molecule has 7 nitrogen and oxygen atoms in total. The van der Waals surface area contributed by atoms with Crippen molar-refractivity contribution in [1.82, 2.24) is 0 Å². The van der Waals surface area contributed by atoms with Crippen molar-refractivity contribution in [2.24, 2.45) is 5.41 Å². The van der Waals surface area contributed by atoms with Crippen molar-refractivity contribution in [3.05, 3.63) is 63.6 Å². The van der Waals surface area contributed by atoms with Gasteiger partial charge in [-0.3, -0.25) is 19.2 Å². The van der Waals surface area contributed by atoms with Gasteiger partial charge >= 0.3 is 0 Å². The van der Waals surface area contributed by atoms with Crippen LogP contribution in [0.4, 0.5) is 0 Å². The average Bonchev–Trinajstić information content (AvgIpc) is 2.71. The number of fused-ring (bicyclic) bond motifs is 1. The van der Waals surface area contributed by atoms with Crippen molar-refractivity contribution < 1.29 is 34.5 Å². The lowest BCUT2D eigenvalue weighted by molar-refractivity contribution is -0.127. The normalized spacial score (nSPS) is 18.8. The summed E-state index contributed by atoms with van der Waals surface area (Å²) in [6.07, 6.45) is -0.0416. The predicted octanol–water partition coefficient (Wildman–Crippen LogP) is 3.71. The van der Waals surface area contributed by atoms with Gasteiger partial charge in [-0.1, -0.05) is 31.2 Å². The predicted molar refractivity (Wildman–Crippen MR) is 108 cm³/mol. The Morgan fingerprint density at radius 2 is 1.50 bits per heavy atom. The van der Waals surface area contributed by atoms with E-state index in [0.29, 0.717) is 6.42 Å². The number of benzene rings is 1. The van der Waals surface area contributed by atoms with Gasteiger partial charge in [0.1, 0.15) is 22.9 Å². The van der Waals surface area contributed by atoms with E-state index in [4.69, 9.17) is 0 Å². The van der Waals surface area contributed by atoms with Crippen molar-refractivity contribution in [1.29, 1.82) is 0 Å². The molecule has 0 fully saturated rings. The van der Waals surface area contributed by atoms with Gasteiger partial charge in [-0.2, -0.15) is 0 Å². The summed E-state index contributed by atoms with van der Waals surface area (Å²) in [6.45, 7) is 4.54. The maximum absolute atomic E-state index is 12.8. The zero-order chi connectivity index (χ0) is 22.4. The first-order chi connectivity index (χ1) is 14.0. The number of hydrogen-bond donors (Lipinski definition) is 3. The lowest BCUT2D eigenvalue weighted by Crippen LogP contribution is -2.37. The second kappa shape index (κ2) is 7.40. The molecule has 0 spiro atoms. The number of Topliss-reactive ketones (excluding diaryl/α,β-unsaturated/α-hetero) is 4. The van der Waals surface area contributed by atoms with E-state index in [2.05, 4.69) is 0 Å². The van der Waals surface area contributed by atoms with Crippen molar-refractivity contribution >= 4 is 28.9 Å². The standard InChI is InChI=1S/C23H22O7/c1-4-7-15(24)16-18(26)14(21(29)23(2,3)22(16)30)10-13-17(25)11-8-5-6-9-12(11)19(27)20(13)28/h5-6,8-9,25-26,29H,4,7,10H2,1-3H3. The lowest BCUT2D eigenvalue weighted by atomic mass is 9.72. The molecule has 2 aliphatic rings. The van der Waals surface area contributed by atoms with Gasteiger partial charge in [0.2, 0.25) is 11.6 Å². The van der Waals surface area contributed by atoms with E-state index in [1.165, 1.54) is 26.0 Å².